The highest BCUT2D eigenvalue weighted by Gasteiger charge is 2.67. The fourth-order valence-corrected chi connectivity index (χ4v) is 8.62. The van der Waals surface area contributed by atoms with E-state index in [1.54, 1.807) is 0 Å². The summed E-state index contributed by atoms with van der Waals surface area (Å²) in [6, 6.07) is 13.3. The highest BCUT2D eigenvalue weighted by atomic mass is 16.3. The smallest absolute Gasteiger partial charge is 0.203 e. The molecule has 45 heavy (non-hydrogen) atoms. The van der Waals surface area contributed by atoms with E-state index in [-0.39, 0.29) is 44.3 Å². The van der Waals surface area contributed by atoms with Gasteiger partial charge in [-0.15, -0.1) is 0 Å². The van der Waals surface area contributed by atoms with E-state index in [2.05, 4.69) is 167 Å². The Balaban J connectivity index is 1.40. The zero-order valence-corrected chi connectivity index (χ0v) is 30.6. The molecule has 0 saturated carbocycles. The largest absolute Gasteiger partial charge is 0.456 e. The van der Waals surface area contributed by atoms with Crippen LogP contribution in [0.15, 0.2) is 50.8 Å². The molecule has 7 rings (SSSR count). The van der Waals surface area contributed by atoms with E-state index < -0.39 is 0 Å². The number of aliphatic imine (C=N–C) groups is 2. The van der Waals surface area contributed by atoms with Crippen LogP contribution in [0.2, 0.25) is 0 Å². The minimum Gasteiger partial charge on any atom is -0.456 e. The summed E-state index contributed by atoms with van der Waals surface area (Å²) in [6.07, 6.45) is 0. The van der Waals surface area contributed by atoms with Gasteiger partial charge in [-0.3, -0.25) is 0 Å². The van der Waals surface area contributed by atoms with Crippen LogP contribution in [-0.2, 0) is 0 Å². The summed E-state index contributed by atoms with van der Waals surface area (Å²) < 4.78 is 6.46. The average molecular weight is 611 g/mol. The van der Waals surface area contributed by atoms with E-state index in [9.17, 15) is 0 Å². The first kappa shape index (κ1) is 30.4. The molecule has 2 fully saturated rings. The summed E-state index contributed by atoms with van der Waals surface area (Å²) >= 11 is 0. The lowest BCUT2D eigenvalue weighted by atomic mass is 9.76. The Bertz CT molecular complexity index is 1710. The van der Waals surface area contributed by atoms with Gasteiger partial charge < -0.3 is 24.0 Å². The van der Waals surface area contributed by atoms with E-state index in [1.165, 1.54) is 0 Å². The quantitative estimate of drug-likeness (QED) is 0.290. The third kappa shape index (κ3) is 3.28. The topological polar surface area (TPSA) is 50.8 Å². The Morgan fingerprint density at radius 1 is 0.444 bits per heavy atom. The highest BCUT2D eigenvalue weighted by Crippen LogP contribution is 2.56. The Kier molecular flexibility index (Phi) is 5.41. The minimum atomic E-state index is -0.216. The molecule has 0 radical (unpaired) electrons. The zero-order chi connectivity index (χ0) is 33.3. The predicted molar refractivity (Wildman–Crippen MR) is 190 cm³/mol. The van der Waals surface area contributed by atoms with Crippen molar-refractivity contribution in [2.24, 2.45) is 9.98 Å². The van der Waals surface area contributed by atoms with Crippen LogP contribution in [0.1, 0.15) is 111 Å². The number of nitrogens with zero attached hydrogens (tertiary/aromatic N) is 6. The van der Waals surface area contributed by atoms with Crippen LogP contribution in [0.3, 0.4) is 0 Å². The molecule has 7 nitrogen and oxygen atoms in total. The molecule has 0 atom stereocenters. The van der Waals surface area contributed by atoms with Gasteiger partial charge in [0.2, 0.25) is 11.9 Å². The molecule has 0 bridgehead atoms. The third-order valence-electron chi connectivity index (χ3n) is 13.9. The van der Waals surface area contributed by atoms with Crippen LogP contribution in [0.4, 0.5) is 11.4 Å². The molecule has 7 heteroatoms. The Labute approximate surface area is 270 Å². The lowest BCUT2D eigenvalue weighted by Crippen LogP contribution is -2.62. The normalized spacial score (nSPS) is 27.3. The first-order chi connectivity index (χ1) is 20.3. The van der Waals surface area contributed by atoms with Gasteiger partial charge in [-0.25, -0.2) is 9.98 Å². The van der Waals surface area contributed by atoms with Crippen molar-refractivity contribution in [3.63, 3.8) is 0 Å². The van der Waals surface area contributed by atoms with Crippen molar-refractivity contribution in [2.45, 2.75) is 155 Å². The zero-order valence-electron chi connectivity index (χ0n) is 30.6. The van der Waals surface area contributed by atoms with Gasteiger partial charge in [0.25, 0.3) is 0 Å². The van der Waals surface area contributed by atoms with Crippen LogP contribution in [-0.4, -0.2) is 66.0 Å². The second-order valence-corrected chi connectivity index (χ2v) is 18.1. The molecule has 0 unspecified atom stereocenters. The summed E-state index contributed by atoms with van der Waals surface area (Å²) in [5, 5.41) is 2.24. The molecule has 4 aliphatic rings. The maximum absolute atomic E-state index is 6.46. The van der Waals surface area contributed by atoms with Gasteiger partial charge in [0.15, 0.2) is 0 Å². The van der Waals surface area contributed by atoms with Crippen molar-refractivity contribution in [1.82, 2.24) is 9.80 Å². The van der Waals surface area contributed by atoms with E-state index in [0.29, 0.717) is 0 Å². The van der Waals surface area contributed by atoms with Crippen LogP contribution in [0.5, 0.6) is 0 Å². The summed E-state index contributed by atoms with van der Waals surface area (Å²) in [7, 11) is 0. The van der Waals surface area contributed by atoms with Gasteiger partial charge in [-0.1, -0.05) is 0 Å². The number of hydrogen-bond donors (Lipinski definition) is 0. The number of fused-ring (bicyclic) bond motifs is 5. The molecule has 4 aliphatic heterocycles. The maximum Gasteiger partial charge on any atom is 0.203 e. The molecule has 0 spiro atoms. The lowest BCUT2D eigenvalue weighted by Gasteiger charge is -2.50. The van der Waals surface area contributed by atoms with Crippen LogP contribution >= 0.6 is 0 Å². The van der Waals surface area contributed by atoms with Crippen molar-refractivity contribution in [3.05, 3.63) is 36.4 Å². The molecule has 1 aromatic heterocycles. The molecular formula is C38H54N6O. The summed E-state index contributed by atoms with van der Waals surface area (Å²) in [4.78, 5) is 20.8. The van der Waals surface area contributed by atoms with E-state index in [1.807, 2.05) is 0 Å². The number of benzene rings is 2. The standard InChI is InChI=1S/C38H54N6O/c1-31(2)33(5,6)43-29(39-31)41(35(9,10)37(43,13)14)23-17-19-27-25(21-23)26-22-24(18-20-28(26)45-27)42-30-40-32(3,4)34(7,8)44(30)38(15,16)36(42,11)12/h17-22H,1-16H3. The van der Waals surface area contributed by atoms with Crippen molar-refractivity contribution < 1.29 is 4.42 Å². The lowest BCUT2D eigenvalue weighted by molar-refractivity contribution is 0.0528. The molecule has 0 aliphatic carbocycles. The van der Waals surface area contributed by atoms with Gasteiger partial charge >= 0.3 is 0 Å². The van der Waals surface area contributed by atoms with Gasteiger partial charge in [0.1, 0.15) is 11.2 Å². The van der Waals surface area contributed by atoms with Crippen molar-refractivity contribution >= 4 is 45.2 Å². The average Bonchev–Trinajstić information content (AvgIpc) is 3.48. The fourth-order valence-electron chi connectivity index (χ4n) is 8.62. The maximum atomic E-state index is 6.46. The molecule has 242 valence electrons. The van der Waals surface area contributed by atoms with Gasteiger partial charge in [0, 0.05) is 22.1 Å². The number of anilines is 2. The summed E-state index contributed by atoms with van der Waals surface area (Å²) in [5.74, 6) is 2.11. The Hall–Kier alpha value is -3.22. The Morgan fingerprint density at radius 2 is 0.778 bits per heavy atom. The second-order valence-electron chi connectivity index (χ2n) is 18.1. The van der Waals surface area contributed by atoms with Gasteiger partial charge in [-0.2, -0.15) is 0 Å². The number of rotatable bonds is 2. The molecule has 2 saturated heterocycles. The number of furan rings is 1. The number of guanidine groups is 2. The summed E-state index contributed by atoms with van der Waals surface area (Å²) in [5.41, 5.74) is 2.69. The van der Waals surface area contributed by atoms with Crippen molar-refractivity contribution in [1.29, 1.82) is 0 Å². The van der Waals surface area contributed by atoms with Crippen molar-refractivity contribution in [3.8, 4) is 0 Å². The van der Waals surface area contributed by atoms with E-state index in [0.717, 1.165) is 45.2 Å². The molecular weight excluding hydrogens is 556 g/mol. The SMILES string of the molecule is CC1(C)N=C2N(c3ccc4oc5ccc(N6C7=NC(C)(C)C(C)(C)N7C(C)(C)C6(C)C)cc5c4c3)C(C)(C)C(C)(C)N2C1(C)C. The fraction of sp³-hybridized carbons (Fsp3) is 0.632. The van der Waals surface area contributed by atoms with Crippen LogP contribution in [0, 0.1) is 0 Å². The monoisotopic (exact) mass is 610 g/mol. The van der Waals surface area contributed by atoms with Gasteiger partial charge in [-0.05, 0) is 147 Å². The molecule has 0 N–H and O–H groups in total. The van der Waals surface area contributed by atoms with Crippen LogP contribution < -0.4 is 9.80 Å². The summed E-state index contributed by atoms with van der Waals surface area (Å²) in [6.45, 7) is 37.2. The molecule has 2 aromatic carbocycles. The molecule has 3 aromatic rings. The van der Waals surface area contributed by atoms with E-state index in [4.69, 9.17) is 14.4 Å². The molecule has 0 amide bonds. The first-order valence-corrected chi connectivity index (χ1v) is 16.7. The van der Waals surface area contributed by atoms with E-state index >= 15 is 0 Å². The second kappa shape index (κ2) is 8.01. The predicted octanol–water partition coefficient (Wildman–Crippen LogP) is 8.80. The minimum absolute atomic E-state index is 0.129. The van der Waals surface area contributed by atoms with Gasteiger partial charge in [0.05, 0.1) is 44.3 Å². The highest BCUT2D eigenvalue weighted by molar-refractivity contribution is 6.11. The third-order valence-corrected chi connectivity index (χ3v) is 13.9. The van der Waals surface area contributed by atoms with Crippen LogP contribution in [0.25, 0.3) is 21.9 Å². The Morgan fingerprint density at radius 3 is 1.11 bits per heavy atom. The van der Waals surface area contributed by atoms with Crippen molar-refractivity contribution in [2.75, 3.05) is 9.80 Å². The number of hydrogen-bond acceptors (Lipinski definition) is 7. The molecule has 5 heterocycles. The first-order valence-electron chi connectivity index (χ1n) is 16.7.